The van der Waals surface area contributed by atoms with E-state index in [-0.39, 0.29) is 12.4 Å². The van der Waals surface area contributed by atoms with E-state index in [9.17, 15) is 8.42 Å². The summed E-state index contributed by atoms with van der Waals surface area (Å²) in [5.74, 6) is 0.112. The first-order valence-electron chi connectivity index (χ1n) is 7.98. The third-order valence-corrected chi connectivity index (χ3v) is 5.24. The van der Waals surface area contributed by atoms with E-state index in [4.69, 9.17) is 5.11 Å². The average molecular weight is 348 g/mol. The summed E-state index contributed by atoms with van der Waals surface area (Å²) in [7, 11) is -3.30. The van der Waals surface area contributed by atoms with E-state index in [0.29, 0.717) is 18.7 Å². The van der Waals surface area contributed by atoms with Crippen molar-refractivity contribution < 1.29 is 13.5 Å². The Morgan fingerprint density at radius 1 is 1.00 bits per heavy atom. The van der Waals surface area contributed by atoms with E-state index in [1.807, 2.05) is 50.2 Å². The molecular weight excluding hydrogens is 324 g/mol. The van der Waals surface area contributed by atoms with Crippen LogP contribution in [0.2, 0.25) is 0 Å². The highest BCUT2D eigenvalue weighted by Crippen LogP contribution is 2.25. The zero-order valence-corrected chi connectivity index (χ0v) is 14.9. The summed E-state index contributed by atoms with van der Waals surface area (Å²) in [4.78, 5) is 0. The van der Waals surface area contributed by atoms with Gasteiger partial charge in [-0.3, -0.25) is 4.72 Å². The predicted molar refractivity (Wildman–Crippen MR) is 98.6 cm³/mol. The van der Waals surface area contributed by atoms with Crippen molar-refractivity contribution in [2.24, 2.45) is 0 Å². The fourth-order valence-electron chi connectivity index (χ4n) is 2.38. The summed E-state index contributed by atoms with van der Waals surface area (Å²) in [5.41, 5.74) is 4.32. The van der Waals surface area contributed by atoms with E-state index in [0.717, 1.165) is 22.4 Å². The monoisotopic (exact) mass is 348 g/mol. The number of anilines is 2. The van der Waals surface area contributed by atoms with Crippen LogP contribution in [0.4, 0.5) is 11.4 Å². The summed E-state index contributed by atoms with van der Waals surface area (Å²) >= 11 is 0. The highest BCUT2D eigenvalue weighted by molar-refractivity contribution is 7.92. The SMILES string of the molecule is CCCS(=O)(=O)Nc1cccc(NCc2ccc(CO)cc2)c1C. The number of hydrogen-bond donors (Lipinski definition) is 3. The molecule has 0 atom stereocenters. The van der Waals surface area contributed by atoms with Gasteiger partial charge in [-0.1, -0.05) is 37.3 Å². The molecule has 6 heteroatoms. The molecule has 0 spiro atoms. The van der Waals surface area contributed by atoms with Crippen LogP contribution in [0.1, 0.15) is 30.0 Å². The predicted octanol–water partition coefficient (Wildman–Crippen LogP) is 3.25. The molecule has 0 unspecified atom stereocenters. The van der Waals surface area contributed by atoms with Gasteiger partial charge < -0.3 is 10.4 Å². The zero-order chi connectivity index (χ0) is 17.6. The maximum absolute atomic E-state index is 12.0. The van der Waals surface area contributed by atoms with Crippen LogP contribution in [0.25, 0.3) is 0 Å². The lowest BCUT2D eigenvalue weighted by atomic mass is 10.1. The molecule has 0 aliphatic rings. The molecule has 0 aliphatic heterocycles. The fraction of sp³-hybridized carbons (Fsp3) is 0.333. The van der Waals surface area contributed by atoms with E-state index in [1.54, 1.807) is 6.07 Å². The smallest absolute Gasteiger partial charge is 0.232 e. The molecule has 0 amide bonds. The molecule has 24 heavy (non-hydrogen) atoms. The molecule has 2 aromatic rings. The quantitative estimate of drug-likeness (QED) is 0.684. The minimum absolute atomic E-state index is 0.0345. The van der Waals surface area contributed by atoms with Crippen molar-refractivity contribution in [1.29, 1.82) is 0 Å². The molecule has 0 fully saturated rings. The Bertz CT molecular complexity index is 771. The van der Waals surface area contributed by atoms with Crippen LogP contribution in [0.3, 0.4) is 0 Å². The van der Waals surface area contributed by atoms with Crippen LogP contribution in [0, 0.1) is 6.92 Å². The summed E-state index contributed by atoms with van der Waals surface area (Å²) in [6.07, 6.45) is 0.580. The lowest BCUT2D eigenvalue weighted by Gasteiger charge is -2.15. The highest BCUT2D eigenvalue weighted by Gasteiger charge is 2.12. The minimum atomic E-state index is -3.30. The van der Waals surface area contributed by atoms with E-state index >= 15 is 0 Å². The van der Waals surface area contributed by atoms with Crippen LogP contribution in [-0.2, 0) is 23.2 Å². The van der Waals surface area contributed by atoms with Crippen molar-refractivity contribution in [1.82, 2.24) is 0 Å². The first-order valence-corrected chi connectivity index (χ1v) is 9.63. The van der Waals surface area contributed by atoms with E-state index < -0.39 is 10.0 Å². The van der Waals surface area contributed by atoms with Crippen molar-refractivity contribution in [3.63, 3.8) is 0 Å². The van der Waals surface area contributed by atoms with Crippen LogP contribution < -0.4 is 10.0 Å². The molecule has 0 bridgehead atoms. The molecule has 0 radical (unpaired) electrons. The summed E-state index contributed by atoms with van der Waals surface area (Å²) in [6, 6.07) is 13.2. The number of benzene rings is 2. The van der Waals surface area contributed by atoms with Gasteiger partial charge in [0.05, 0.1) is 18.0 Å². The minimum Gasteiger partial charge on any atom is -0.392 e. The Hall–Kier alpha value is -2.05. The van der Waals surface area contributed by atoms with Crippen molar-refractivity contribution >= 4 is 21.4 Å². The van der Waals surface area contributed by atoms with Crippen LogP contribution in [-0.4, -0.2) is 19.3 Å². The summed E-state index contributed by atoms with van der Waals surface area (Å²) in [6.45, 7) is 4.39. The number of nitrogens with one attached hydrogen (secondary N) is 2. The van der Waals surface area contributed by atoms with Crippen LogP contribution in [0.15, 0.2) is 42.5 Å². The van der Waals surface area contributed by atoms with Gasteiger partial charge in [0, 0.05) is 12.2 Å². The number of sulfonamides is 1. The molecule has 130 valence electrons. The Kier molecular flexibility index (Phi) is 6.23. The first kappa shape index (κ1) is 18.3. The summed E-state index contributed by atoms with van der Waals surface area (Å²) < 4.78 is 26.5. The lowest BCUT2D eigenvalue weighted by molar-refractivity contribution is 0.282. The molecule has 5 nitrogen and oxygen atoms in total. The topological polar surface area (TPSA) is 78.4 Å². The molecule has 0 saturated heterocycles. The number of aliphatic hydroxyl groups excluding tert-OH is 1. The maximum atomic E-state index is 12.0. The second-order valence-electron chi connectivity index (χ2n) is 5.73. The van der Waals surface area contributed by atoms with Crippen LogP contribution >= 0.6 is 0 Å². The fourth-order valence-corrected chi connectivity index (χ4v) is 3.58. The zero-order valence-electron chi connectivity index (χ0n) is 14.0. The Labute approximate surface area is 143 Å². The van der Waals surface area contributed by atoms with Gasteiger partial charge in [0.15, 0.2) is 0 Å². The van der Waals surface area contributed by atoms with Gasteiger partial charge in [-0.15, -0.1) is 0 Å². The lowest BCUT2D eigenvalue weighted by Crippen LogP contribution is -2.17. The van der Waals surface area contributed by atoms with Crippen molar-refractivity contribution in [2.45, 2.75) is 33.4 Å². The van der Waals surface area contributed by atoms with Gasteiger partial charge >= 0.3 is 0 Å². The molecule has 0 aromatic heterocycles. The van der Waals surface area contributed by atoms with Gasteiger partial charge in [0.2, 0.25) is 10.0 Å². The molecular formula is C18H24N2O3S. The largest absolute Gasteiger partial charge is 0.392 e. The molecule has 2 rings (SSSR count). The first-order chi connectivity index (χ1) is 11.4. The molecule has 0 saturated carbocycles. The highest BCUT2D eigenvalue weighted by atomic mass is 32.2. The molecule has 0 aliphatic carbocycles. The van der Waals surface area contributed by atoms with Crippen LogP contribution in [0.5, 0.6) is 0 Å². The van der Waals surface area contributed by atoms with Gasteiger partial charge in [-0.25, -0.2) is 8.42 Å². The van der Waals surface area contributed by atoms with Crippen molar-refractivity contribution in [3.8, 4) is 0 Å². The van der Waals surface area contributed by atoms with E-state index in [1.165, 1.54) is 0 Å². The third kappa shape index (κ3) is 4.97. The van der Waals surface area contributed by atoms with Crippen molar-refractivity contribution in [2.75, 3.05) is 15.8 Å². The average Bonchev–Trinajstić information content (AvgIpc) is 2.56. The van der Waals surface area contributed by atoms with Gasteiger partial charge in [-0.2, -0.15) is 0 Å². The van der Waals surface area contributed by atoms with E-state index in [2.05, 4.69) is 10.0 Å². The summed E-state index contributed by atoms with van der Waals surface area (Å²) in [5, 5.41) is 12.4. The van der Waals surface area contributed by atoms with Gasteiger partial charge in [0.25, 0.3) is 0 Å². The molecule has 2 aromatic carbocycles. The third-order valence-electron chi connectivity index (χ3n) is 3.76. The maximum Gasteiger partial charge on any atom is 0.232 e. The van der Waals surface area contributed by atoms with Gasteiger partial charge in [-0.05, 0) is 42.2 Å². The molecule has 3 N–H and O–H groups in total. The number of hydrogen-bond acceptors (Lipinski definition) is 4. The Morgan fingerprint density at radius 2 is 1.62 bits per heavy atom. The second-order valence-corrected chi connectivity index (χ2v) is 7.57. The standard InChI is InChI=1S/C18H24N2O3S/c1-3-11-24(22,23)20-18-6-4-5-17(14(18)2)19-12-15-7-9-16(13-21)10-8-15/h4-10,19-21H,3,11-13H2,1-2H3. The van der Waals surface area contributed by atoms with Gasteiger partial charge in [0.1, 0.15) is 0 Å². The number of rotatable bonds is 8. The second kappa shape index (κ2) is 8.17. The normalized spacial score (nSPS) is 11.3. The Morgan fingerprint density at radius 3 is 2.25 bits per heavy atom. The number of aliphatic hydroxyl groups is 1. The Balaban J connectivity index is 2.09. The van der Waals surface area contributed by atoms with Crippen molar-refractivity contribution in [3.05, 3.63) is 59.2 Å². The molecule has 0 heterocycles.